The Hall–Kier alpha value is -11.1. The average Bonchev–Trinajstić information content (AvgIpc) is 3.38. The van der Waals surface area contributed by atoms with Crippen LogP contribution in [-0.4, -0.2) is 160 Å². The Kier molecular flexibility index (Phi) is 21.4. The van der Waals surface area contributed by atoms with Gasteiger partial charge in [0.15, 0.2) is 0 Å². The molecule has 0 saturated heterocycles. The van der Waals surface area contributed by atoms with E-state index in [1.807, 2.05) is 0 Å². The molecule has 28 heteroatoms. The van der Waals surface area contributed by atoms with E-state index >= 15 is 0 Å². The van der Waals surface area contributed by atoms with E-state index in [2.05, 4.69) is 0 Å². The highest BCUT2D eigenvalue weighted by Crippen LogP contribution is 2.20. The van der Waals surface area contributed by atoms with Gasteiger partial charge >= 0.3 is 83.6 Å². The van der Waals surface area contributed by atoms with E-state index in [0.717, 1.165) is 84.9 Å². The Morgan fingerprint density at radius 3 is 0.769 bits per heavy atom. The van der Waals surface area contributed by atoms with Gasteiger partial charge in [0.1, 0.15) is 25.4 Å². The van der Waals surface area contributed by atoms with Gasteiger partial charge in [-0.25, -0.2) is 67.1 Å². The molecular weight excluding hydrogens is 1050 g/mol. The zero-order valence-electron chi connectivity index (χ0n) is 39.9. The Morgan fingerprint density at radius 2 is 0.564 bits per heavy atom. The van der Waals surface area contributed by atoms with E-state index in [9.17, 15) is 87.5 Å². The maximum absolute atomic E-state index is 12.7. The van der Waals surface area contributed by atoms with Crippen LogP contribution in [0.2, 0.25) is 0 Å². The summed E-state index contributed by atoms with van der Waals surface area (Å²) in [5, 5.41) is 91.5. The van der Waals surface area contributed by atoms with Crippen molar-refractivity contribution < 1.29 is 137 Å². The van der Waals surface area contributed by atoms with E-state index in [1.54, 1.807) is 0 Å². The molecule has 0 heterocycles. The highest BCUT2D eigenvalue weighted by Gasteiger charge is 2.27. The SMILES string of the molecule is C/C(=C\CC(COC(=O)c1ccc(C(=O)O)c(C(=O)O)c1)OC(=O)c1ccc(C(=O)O)c(C(=O)O)c1)C(=O)O.C/C(=C\CC(COC(=O)c1ccc(C(=O)O)c(C(=O)O)c1)OC(=O)c1ccc(C(=O)O)c(C(=O)O)c1)C(=O)O. The van der Waals surface area contributed by atoms with Gasteiger partial charge < -0.3 is 70.0 Å². The second kappa shape index (κ2) is 27.3. The van der Waals surface area contributed by atoms with E-state index in [4.69, 9.17) is 49.6 Å². The van der Waals surface area contributed by atoms with Gasteiger partial charge in [0.05, 0.1) is 66.8 Å². The van der Waals surface area contributed by atoms with Gasteiger partial charge in [-0.15, -0.1) is 0 Å². The number of esters is 4. The Bertz CT molecular complexity index is 3020. The fourth-order valence-electron chi connectivity index (χ4n) is 6.17. The lowest BCUT2D eigenvalue weighted by atomic mass is 10.0. The largest absolute Gasteiger partial charge is 0.478 e. The summed E-state index contributed by atoms with van der Waals surface area (Å²) in [5.74, 6) is -19.7. The normalized spacial score (nSPS) is 11.7. The zero-order valence-corrected chi connectivity index (χ0v) is 39.9. The van der Waals surface area contributed by atoms with Crippen molar-refractivity contribution in [2.75, 3.05) is 13.2 Å². The molecule has 4 rings (SSSR count). The van der Waals surface area contributed by atoms with E-state index in [0.29, 0.717) is 0 Å². The highest BCUT2D eigenvalue weighted by molar-refractivity contribution is 6.07. The topological polar surface area (TPSA) is 478 Å². The van der Waals surface area contributed by atoms with Crippen molar-refractivity contribution in [1.29, 1.82) is 0 Å². The number of carboxylic acids is 10. The Labute approximate surface area is 434 Å². The van der Waals surface area contributed by atoms with Crippen LogP contribution in [0.1, 0.15) is 151 Å². The summed E-state index contributed by atoms with van der Waals surface area (Å²) < 4.78 is 20.6. The molecule has 78 heavy (non-hydrogen) atoms. The third-order valence-electron chi connectivity index (χ3n) is 10.3. The van der Waals surface area contributed by atoms with Crippen molar-refractivity contribution in [2.24, 2.45) is 0 Å². The minimum atomic E-state index is -1.62. The molecule has 2 unspecified atom stereocenters. The molecule has 0 amide bonds. The molecule has 0 aromatic heterocycles. The van der Waals surface area contributed by atoms with Crippen LogP contribution in [0.25, 0.3) is 0 Å². The fraction of sp³-hybridized carbons (Fsp3) is 0.160. The molecule has 0 saturated carbocycles. The maximum atomic E-state index is 12.7. The summed E-state index contributed by atoms with van der Waals surface area (Å²) in [6, 6.07) is 10.6. The van der Waals surface area contributed by atoms with Crippen molar-refractivity contribution >= 4 is 83.6 Å². The van der Waals surface area contributed by atoms with E-state index < -0.39 is 153 Å². The van der Waals surface area contributed by atoms with Crippen molar-refractivity contribution in [3.8, 4) is 0 Å². The molecule has 4 aromatic rings. The predicted molar refractivity (Wildman–Crippen MR) is 252 cm³/mol. The van der Waals surface area contributed by atoms with Crippen LogP contribution in [0.15, 0.2) is 96.1 Å². The smallest absolute Gasteiger partial charge is 0.338 e. The van der Waals surface area contributed by atoms with Gasteiger partial charge in [0.2, 0.25) is 0 Å². The number of aliphatic carboxylic acids is 2. The third-order valence-corrected chi connectivity index (χ3v) is 10.3. The molecule has 0 bridgehead atoms. The van der Waals surface area contributed by atoms with Crippen LogP contribution < -0.4 is 0 Å². The predicted octanol–water partition coefficient (Wildman–Crippen LogP) is 4.57. The lowest BCUT2D eigenvalue weighted by molar-refractivity contribution is -0.133. The van der Waals surface area contributed by atoms with Crippen molar-refractivity contribution in [3.05, 3.63) is 163 Å². The van der Waals surface area contributed by atoms with Gasteiger partial charge in [-0.3, -0.25) is 0 Å². The number of hydrogen-bond acceptors (Lipinski definition) is 18. The molecule has 0 radical (unpaired) electrons. The maximum Gasteiger partial charge on any atom is 0.338 e. The summed E-state index contributed by atoms with van der Waals surface area (Å²) >= 11 is 0. The average molecular weight is 1090 g/mol. The standard InChI is InChI=1S/2C25H20O14/c2*1-11(19(26)27)2-5-14(39-25(37)13-4-7-16(21(30)31)18(9-13)23(34)35)10-38-24(36)12-3-6-15(20(28)29)17(8-12)22(32)33/h2*2-4,6-9,14H,5,10H2,1H3,(H,26,27)(H,28,29)(H,30,31)(H,32,33)(H,34,35)/b2*11-2+. The van der Waals surface area contributed by atoms with Crippen molar-refractivity contribution in [3.63, 3.8) is 0 Å². The number of benzene rings is 4. The first-order valence-corrected chi connectivity index (χ1v) is 21.4. The number of ether oxygens (including phenoxy) is 4. The molecule has 0 aliphatic rings. The molecule has 0 aliphatic heterocycles. The summed E-state index contributed by atoms with van der Waals surface area (Å²) in [4.78, 5) is 163. The number of hydrogen-bond donors (Lipinski definition) is 10. The Morgan fingerprint density at radius 1 is 0.346 bits per heavy atom. The van der Waals surface area contributed by atoms with Crippen LogP contribution in [0, 0.1) is 0 Å². The number of carboxylic acid groups (broad SMARTS) is 10. The first-order chi connectivity index (χ1) is 36.4. The number of aromatic carboxylic acids is 8. The molecule has 0 aliphatic carbocycles. The molecule has 4 aromatic carbocycles. The van der Waals surface area contributed by atoms with Gasteiger partial charge in [0.25, 0.3) is 0 Å². The van der Waals surface area contributed by atoms with Gasteiger partial charge in [-0.2, -0.15) is 0 Å². The highest BCUT2D eigenvalue weighted by atomic mass is 16.6. The lowest BCUT2D eigenvalue weighted by Gasteiger charge is -2.17. The third kappa shape index (κ3) is 17.0. The number of carbonyl (C=O) groups excluding carboxylic acids is 4. The summed E-state index contributed by atoms with van der Waals surface area (Å²) in [6.07, 6.45) is -0.882. The molecule has 10 N–H and O–H groups in total. The van der Waals surface area contributed by atoms with E-state index in [1.165, 1.54) is 13.8 Å². The molecule has 2 atom stereocenters. The van der Waals surface area contributed by atoms with Crippen LogP contribution in [0.4, 0.5) is 0 Å². The van der Waals surface area contributed by atoms with Crippen LogP contribution in [0.5, 0.6) is 0 Å². The second-order valence-corrected chi connectivity index (χ2v) is 15.6. The molecule has 0 fully saturated rings. The minimum absolute atomic E-state index is 0.142. The summed E-state index contributed by atoms with van der Waals surface area (Å²) in [7, 11) is 0. The van der Waals surface area contributed by atoms with Crippen molar-refractivity contribution in [1.82, 2.24) is 0 Å². The summed E-state index contributed by atoms with van der Waals surface area (Å²) in [5.41, 5.74) is -6.74. The minimum Gasteiger partial charge on any atom is -0.478 e. The molecular formula is C50H40O28. The monoisotopic (exact) mass is 1090 g/mol. The van der Waals surface area contributed by atoms with Gasteiger partial charge in [-0.1, -0.05) is 12.2 Å². The second-order valence-electron chi connectivity index (χ2n) is 15.6. The zero-order chi connectivity index (χ0) is 58.9. The molecule has 408 valence electrons. The first kappa shape index (κ1) is 61.2. The van der Waals surface area contributed by atoms with Crippen LogP contribution >= 0.6 is 0 Å². The molecule has 28 nitrogen and oxygen atoms in total. The molecule has 0 spiro atoms. The van der Waals surface area contributed by atoms with Crippen molar-refractivity contribution in [2.45, 2.75) is 38.9 Å². The van der Waals surface area contributed by atoms with Crippen LogP contribution in [-0.2, 0) is 28.5 Å². The Balaban J connectivity index is 0.000000410. The van der Waals surface area contributed by atoms with Gasteiger partial charge in [-0.05, 0) is 86.6 Å². The number of carbonyl (C=O) groups is 14. The van der Waals surface area contributed by atoms with Gasteiger partial charge in [0, 0.05) is 24.0 Å². The summed E-state index contributed by atoms with van der Waals surface area (Å²) in [6.45, 7) is 1.15. The lowest BCUT2D eigenvalue weighted by Crippen LogP contribution is -2.26. The number of rotatable bonds is 24. The van der Waals surface area contributed by atoms with E-state index in [-0.39, 0.29) is 46.2 Å². The first-order valence-electron chi connectivity index (χ1n) is 21.4. The quantitative estimate of drug-likeness (QED) is 0.0261. The fourth-order valence-corrected chi connectivity index (χ4v) is 6.17. The van der Waals surface area contributed by atoms with Crippen LogP contribution in [0.3, 0.4) is 0 Å².